The molecule has 2 rings (SSSR count). The van der Waals surface area contributed by atoms with Crippen LogP contribution in [0.15, 0.2) is 23.6 Å². The van der Waals surface area contributed by atoms with Crippen molar-refractivity contribution in [3.05, 3.63) is 41.0 Å². The summed E-state index contributed by atoms with van der Waals surface area (Å²) in [5.41, 5.74) is 2.32. The average molecular weight is 313 g/mol. The van der Waals surface area contributed by atoms with E-state index in [2.05, 4.69) is 26.2 Å². The van der Waals surface area contributed by atoms with Gasteiger partial charge in [-0.2, -0.15) is 5.26 Å². The van der Waals surface area contributed by atoms with E-state index in [-0.39, 0.29) is 6.61 Å². The van der Waals surface area contributed by atoms with Gasteiger partial charge in [0.25, 0.3) is 0 Å². The number of nitrogens with zero attached hydrogens (tertiary/aromatic N) is 5. The van der Waals surface area contributed by atoms with Gasteiger partial charge in [0.1, 0.15) is 11.9 Å². The van der Waals surface area contributed by atoms with Crippen molar-refractivity contribution in [2.45, 2.75) is 13.5 Å². The highest BCUT2D eigenvalue weighted by molar-refractivity contribution is 5.77. The van der Waals surface area contributed by atoms with Crippen molar-refractivity contribution in [1.29, 1.82) is 5.26 Å². The van der Waals surface area contributed by atoms with Crippen molar-refractivity contribution in [1.82, 2.24) is 15.0 Å². The fourth-order valence-electron chi connectivity index (χ4n) is 1.87. The maximum absolute atomic E-state index is 8.93. The number of pyridine rings is 1. The Balaban J connectivity index is 2.08. The Labute approximate surface area is 133 Å². The Morgan fingerprint density at radius 2 is 1.91 bits per heavy atom. The predicted octanol–water partition coefficient (Wildman–Crippen LogP) is 1.62. The van der Waals surface area contributed by atoms with Gasteiger partial charge < -0.3 is 14.3 Å². The number of ether oxygens (including phenoxy) is 2. The molecule has 0 saturated carbocycles. The van der Waals surface area contributed by atoms with Crippen LogP contribution < -0.4 is 9.47 Å². The molecular weight excluding hydrogens is 298 g/mol. The molecule has 0 atom stereocenters. The zero-order valence-electron chi connectivity index (χ0n) is 13.0. The third-order valence-electron chi connectivity index (χ3n) is 2.82. The SMILES string of the molecule is COc1ncnc(OC)c1CO/N=C/c1cc(C#N)cc(C)n1. The second kappa shape index (κ2) is 7.70. The summed E-state index contributed by atoms with van der Waals surface area (Å²) in [5, 5.41) is 12.8. The minimum absolute atomic E-state index is 0.0700. The Kier molecular flexibility index (Phi) is 5.41. The molecule has 0 aliphatic rings. The van der Waals surface area contributed by atoms with Gasteiger partial charge in [-0.1, -0.05) is 5.16 Å². The van der Waals surface area contributed by atoms with Crippen LogP contribution in [0.2, 0.25) is 0 Å². The molecule has 23 heavy (non-hydrogen) atoms. The smallest absolute Gasteiger partial charge is 0.226 e. The van der Waals surface area contributed by atoms with Crippen molar-refractivity contribution in [2.24, 2.45) is 5.16 Å². The number of nitriles is 1. The van der Waals surface area contributed by atoms with Crippen LogP contribution in [0.1, 0.15) is 22.5 Å². The van der Waals surface area contributed by atoms with Crippen LogP contribution in [0, 0.1) is 18.3 Å². The first-order valence-electron chi connectivity index (χ1n) is 6.64. The van der Waals surface area contributed by atoms with Crippen LogP contribution in [0.4, 0.5) is 0 Å². The second-order valence-corrected chi connectivity index (χ2v) is 4.41. The number of methoxy groups -OCH3 is 2. The standard InChI is InChI=1S/C15H15N5O3/c1-10-4-11(6-16)5-12(20-10)7-19-23-8-13-14(21-2)17-9-18-15(13)22-3/h4-5,7,9H,8H2,1-3H3/b19-7+. The number of aryl methyl sites for hydroxylation is 1. The van der Waals surface area contributed by atoms with Gasteiger partial charge in [-0.15, -0.1) is 0 Å². The maximum atomic E-state index is 8.93. The summed E-state index contributed by atoms with van der Waals surface area (Å²) in [6.45, 7) is 1.87. The highest BCUT2D eigenvalue weighted by Gasteiger charge is 2.13. The van der Waals surface area contributed by atoms with E-state index in [0.717, 1.165) is 5.69 Å². The molecule has 0 unspecified atom stereocenters. The van der Waals surface area contributed by atoms with Crippen molar-refractivity contribution in [2.75, 3.05) is 14.2 Å². The molecule has 0 bridgehead atoms. The first kappa shape index (κ1) is 16.2. The number of aromatic nitrogens is 3. The molecule has 0 radical (unpaired) electrons. The highest BCUT2D eigenvalue weighted by atomic mass is 16.6. The van der Waals surface area contributed by atoms with E-state index in [9.17, 15) is 0 Å². The molecule has 0 saturated heterocycles. The molecular formula is C15H15N5O3. The number of hydrogen-bond acceptors (Lipinski definition) is 8. The van der Waals surface area contributed by atoms with Gasteiger partial charge in [-0.3, -0.25) is 4.98 Å². The van der Waals surface area contributed by atoms with Gasteiger partial charge in [-0.05, 0) is 19.1 Å². The predicted molar refractivity (Wildman–Crippen MR) is 81.2 cm³/mol. The Hall–Kier alpha value is -3.21. The third-order valence-corrected chi connectivity index (χ3v) is 2.82. The molecule has 2 aromatic rings. The van der Waals surface area contributed by atoms with Crippen LogP contribution in [0.25, 0.3) is 0 Å². The van der Waals surface area contributed by atoms with Crippen LogP contribution in [-0.4, -0.2) is 35.4 Å². The van der Waals surface area contributed by atoms with E-state index in [1.807, 2.05) is 0 Å². The topological polar surface area (TPSA) is 103 Å². The summed E-state index contributed by atoms with van der Waals surface area (Å²) in [5.74, 6) is 0.708. The lowest BCUT2D eigenvalue weighted by molar-refractivity contribution is 0.126. The van der Waals surface area contributed by atoms with E-state index < -0.39 is 0 Å². The van der Waals surface area contributed by atoms with Crippen LogP contribution in [0.5, 0.6) is 11.8 Å². The van der Waals surface area contributed by atoms with Gasteiger partial charge in [0.15, 0.2) is 6.61 Å². The van der Waals surface area contributed by atoms with Gasteiger partial charge in [0.2, 0.25) is 11.8 Å². The molecule has 0 aliphatic carbocycles. The fraction of sp³-hybridized carbons (Fsp3) is 0.267. The average Bonchev–Trinajstić information content (AvgIpc) is 2.57. The summed E-state index contributed by atoms with van der Waals surface area (Å²) in [4.78, 5) is 17.4. The largest absolute Gasteiger partial charge is 0.481 e. The lowest BCUT2D eigenvalue weighted by atomic mass is 10.2. The number of hydrogen-bond donors (Lipinski definition) is 0. The molecule has 0 aliphatic heterocycles. The number of rotatable bonds is 6. The van der Waals surface area contributed by atoms with E-state index in [0.29, 0.717) is 28.6 Å². The molecule has 2 aromatic heterocycles. The van der Waals surface area contributed by atoms with Gasteiger partial charge in [0, 0.05) is 5.69 Å². The summed E-state index contributed by atoms with van der Waals surface area (Å²) < 4.78 is 10.3. The van der Waals surface area contributed by atoms with Crippen molar-refractivity contribution in [3.8, 4) is 17.8 Å². The van der Waals surface area contributed by atoms with Gasteiger partial charge in [-0.25, -0.2) is 9.97 Å². The van der Waals surface area contributed by atoms with E-state index >= 15 is 0 Å². The fourth-order valence-corrected chi connectivity index (χ4v) is 1.87. The molecule has 0 fully saturated rings. The van der Waals surface area contributed by atoms with E-state index in [1.54, 1.807) is 19.1 Å². The zero-order chi connectivity index (χ0) is 16.7. The lowest BCUT2D eigenvalue weighted by Gasteiger charge is -2.09. The molecule has 2 heterocycles. The Morgan fingerprint density at radius 1 is 1.22 bits per heavy atom. The third kappa shape index (κ3) is 4.14. The first-order chi connectivity index (χ1) is 11.2. The van der Waals surface area contributed by atoms with Crippen molar-refractivity contribution < 1.29 is 14.3 Å². The van der Waals surface area contributed by atoms with E-state index in [1.165, 1.54) is 26.8 Å². The maximum Gasteiger partial charge on any atom is 0.226 e. The van der Waals surface area contributed by atoms with Crippen molar-refractivity contribution in [3.63, 3.8) is 0 Å². The Morgan fingerprint density at radius 3 is 2.52 bits per heavy atom. The molecule has 8 heteroatoms. The van der Waals surface area contributed by atoms with E-state index in [4.69, 9.17) is 19.6 Å². The number of oxime groups is 1. The zero-order valence-corrected chi connectivity index (χ0v) is 13.0. The van der Waals surface area contributed by atoms with Crippen LogP contribution in [-0.2, 0) is 11.4 Å². The summed E-state index contributed by atoms with van der Waals surface area (Å²) in [6.07, 6.45) is 2.76. The van der Waals surface area contributed by atoms with Gasteiger partial charge >= 0.3 is 0 Å². The monoisotopic (exact) mass is 313 g/mol. The summed E-state index contributed by atoms with van der Waals surface area (Å²) in [7, 11) is 2.99. The lowest BCUT2D eigenvalue weighted by Crippen LogP contribution is -2.02. The van der Waals surface area contributed by atoms with Crippen LogP contribution >= 0.6 is 0 Å². The summed E-state index contributed by atoms with van der Waals surface area (Å²) in [6, 6.07) is 5.37. The minimum atomic E-state index is 0.0700. The minimum Gasteiger partial charge on any atom is -0.481 e. The molecule has 0 amide bonds. The molecule has 8 nitrogen and oxygen atoms in total. The normalized spacial score (nSPS) is 10.3. The molecule has 0 spiro atoms. The van der Waals surface area contributed by atoms with Gasteiger partial charge in [0.05, 0.1) is 37.8 Å². The summed E-state index contributed by atoms with van der Waals surface area (Å²) >= 11 is 0. The van der Waals surface area contributed by atoms with Crippen molar-refractivity contribution >= 4 is 6.21 Å². The van der Waals surface area contributed by atoms with Crippen LogP contribution in [0.3, 0.4) is 0 Å². The molecule has 0 aromatic carbocycles. The first-order valence-corrected chi connectivity index (χ1v) is 6.64. The molecule has 118 valence electrons. The molecule has 0 N–H and O–H groups in total. The second-order valence-electron chi connectivity index (χ2n) is 4.41. The highest BCUT2D eigenvalue weighted by Crippen LogP contribution is 2.24. The Bertz CT molecular complexity index is 733. The quantitative estimate of drug-likeness (QED) is 0.589.